The fourth-order valence-corrected chi connectivity index (χ4v) is 18.8. The van der Waals surface area contributed by atoms with Crippen molar-refractivity contribution in [3.8, 4) is 56.0 Å². The van der Waals surface area contributed by atoms with Crippen LogP contribution in [0.3, 0.4) is 0 Å². The molecule has 538 valence electrons. The van der Waals surface area contributed by atoms with E-state index in [0.717, 1.165) is 39.4 Å². The van der Waals surface area contributed by atoms with Gasteiger partial charge in [0.1, 0.15) is 33.8 Å². The van der Waals surface area contributed by atoms with Gasteiger partial charge in [-0.2, -0.15) is 0 Å². The van der Waals surface area contributed by atoms with Gasteiger partial charge >= 0.3 is 0 Å². The quantitative estimate of drug-likeness (QED) is 0.176. The standard InChI is InChI=1S/2C19H14O.2C19H14S.C16H16O.C13H10S/c1-13-9-11-14(12-10-13)15-6-4-7-17-16-5-2-3-8-18(16)20-19(15)17;1-13-6-8-14(9-7-13)15-10-11-19-17(12-15)16-4-2-3-5-18(16)20-19;1-13-9-11-14(12-10-13)15-6-4-7-17-16-5-2-3-8-18(16)20-19(15)17;1-13-6-8-14(9-7-13)15-10-11-19-17(12-15)16-4-2-3-5-18(16)20-19;1-11-7-6-9-13-15(11)17-14-10-5-4-8-12(14)16(13,2)3;1-9-5-4-8-12-13(9)10-6-2-3-7-11(10)14-12/h4*2-12H,1H3;4-10H,1-3H3;2-8H,1H3. The lowest BCUT2D eigenvalue weighted by atomic mass is 9.75. The molecule has 1 aliphatic heterocycles. The van der Waals surface area contributed by atoms with Crippen LogP contribution in [-0.4, -0.2) is 0 Å². The molecule has 0 bridgehead atoms. The number of benzene rings is 16. The van der Waals surface area contributed by atoms with Gasteiger partial charge in [0, 0.05) is 104 Å². The van der Waals surface area contributed by atoms with E-state index in [2.05, 4.69) is 371 Å². The molecule has 0 aliphatic carbocycles. The summed E-state index contributed by atoms with van der Waals surface area (Å²) >= 11 is 5.63. The van der Waals surface area contributed by atoms with Gasteiger partial charge < -0.3 is 13.6 Å². The van der Waals surface area contributed by atoms with E-state index in [1.54, 1.807) is 0 Å². The molecule has 111 heavy (non-hydrogen) atoms. The molecule has 22 rings (SSSR count). The van der Waals surface area contributed by atoms with Crippen molar-refractivity contribution in [3.05, 3.63) is 396 Å². The average molecular weight is 1490 g/mol. The molecule has 21 aromatic rings. The maximum Gasteiger partial charge on any atom is 0.143 e. The number of aryl methyl sites for hydroxylation is 6. The maximum absolute atomic E-state index is 6.07. The van der Waals surface area contributed by atoms with Crippen LogP contribution in [0, 0.1) is 41.5 Å². The second-order valence-corrected chi connectivity index (χ2v) is 32.6. The maximum atomic E-state index is 6.07. The van der Waals surface area contributed by atoms with Gasteiger partial charge in [-0.1, -0.05) is 321 Å². The number of fused-ring (bicyclic) bond motifs is 17. The molecule has 3 nitrogen and oxygen atoms in total. The van der Waals surface area contributed by atoms with E-state index in [-0.39, 0.29) is 5.41 Å². The van der Waals surface area contributed by atoms with Gasteiger partial charge in [0.25, 0.3) is 0 Å². The number of rotatable bonds is 4. The Kier molecular flexibility index (Phi) is 19.9. The van der Waals surface area contributed by atoms with Crippen molar-refractivity contribution in [2.24, 2.45) is 0 Å². The van der Waals surface area contributed by atoms with E-state index in [9.17, 15) is 0 Å². The zero-order chi connectivity index (χ0) is 75.7. The molecule has 0 saturated heterocycles. The third kappa shape index (κ3) is 14.5. The summed E-state index contributed by atoms with van der Waals surface area (Å²) < 4.78 is 26.2. The first kappa shape index (κ1) is 71.5. The van der Waals surface area contributed by atoms with E-state index in [0.29, 0.717) is 0 Å². The lowest BCUT2D eigenvalue weighted by Crippen LogP contribution is -2.24. The summed E-state index contributed by atoms with van der Waals surface area (Å²) in [4.78, 5) is 0. The van der Waals surface area contributed by atoms with Crippen molar-refractivity contribution in [2.45, 2.75) is 60.8 Å². The van der Waals surface area contributed by atoms with Crippen molar-refractivity contribution >= 4 is 138 Å². The Morgan fingerprint density at radius 1 is 0.252 bits per heavy atom. The Bertz CT molecular complexity index is 6610. The first-order chi connectivity index (χ1) is 54.2. The highest BCUT2D eigenvalue weighted by Crippen LogP contribution is 2.49. The lowest BCUT2D eigenvalue weighted by Gasteiger charge is -2.35. The predicted octanol–water partition coefficient (Wildman–Crippen LogP) is 32.0. The molecule has 0 unspecified atom stereocenters. The fraction of sp³-hybridized carbons (Fsp3) is 0.0857. The van der Waals surface area contributed by atoms with Crippen molar-refractivity contribution in [1.29, 1.82) is 0 Å². The van der Waals surface area contributed by atoms with Gasteiger partial charge in [0.15, 0.2) is 0 Å². The first-order valence-corrected chi connectivity index (χ1v) is 40.4. The van der Waals surface area contributed by atoms with Crippen LogP contribution in [0.4, 0.5) is 0 Å². The molecule has 16 aromatic carbocycles. The molecule has 0 atom stereocenters. The molecule has 5 aromatic heterocycles. The number of furan rings is 2. The van der Waals surface area contributed by atoms with Crippen LogP contribution in [0.25, 0.3) is 149 Å². The van der Waals surface area contributed by atoms with Gasteiger partial charge in [-0.05, 0) is 158 Å². The summed E-state index contributed by atoms with van der Waals surface area (Å²) in [6, 6.07) is 124. The summed E-state index contributed by atoms with van der Waals surface area (Å²) in [6.45, 7) is 17.3. The SMILES string of the molecule is Cc1ccc(-c2ccc3oc4ccccc4c3c2)cc1.Cc1ccc(-c2ccc3sc4ccccc4c3c2)cc1.Cc1ccc(-c2cccc3c2oc2ccccc23)cc1.Cc1ccc(-c2cccc3c2sc2ccccc23)cc1.Cc1cccc2c1Oc1ccccc1C2(C)C.Cc1cccc2sc3ccccc3c12. The van der Waals surface area contributed by atoms with Gasteiger partial charge in [-0.3, -0.25) is 0 Å². The Hall–Kier alpha value is -12.4. The summed E-state index contributed by atoms with van der Waals surface area (Å²) in [5, 5.41) is 13.0. The molecule has 0 saturated carbocycles. The number of hydrogen-bond acceptors (Lipinski definition) is 6. The van der Waals surface area contributed by atoms with Crippen molar-refractivity contribution in [3.63, 3.8) is 0 Å². The van der Waals surface area contributed by atoms with Crippen LogP contribution in [-0.2, 0) is 5.41 Å². The Morgan fingerprint density at radius 2 is 0.658 bits per heavy atom. The van der Waals surface area contributed by atoms with E-state index in [1.807, 2.05) is 70.4 Å². The zero-order valence-corrected chi connectivity index (χ0v) is 65.9. The minimum Gasteiger partial charge on any atom is -0.456 e. The fourth-order valence-electron chi connectivity index (χ4n) is 15.3. The molecule has 6 heterocycles. The summed E-state index contributed by atoms with van der Waals surface area (Å²) in [6.07, 6.45) is 0. The summed E-state index contributed by atoms with van der Waals surface area (Å²) in [7, 11) is 0. The highest BCUT2D eigenvalue weighted by molar-refractivity contribution is 7.27. The minimum atomic E-state index is 0.0101. The molecular formula is C105H82O3S3. The molecule has 6 heteroatoms. The third-order valence-electron chi connectivity index (χ3n) is 21.3. The molecular weight excluding hydrogens is 1410 g/mol. The van der Waals surface area contributed by atoms with Crippen LogP contribution in [0.1, 0.15) is 58.4 Å². The number of ether oxygens (including phenoxy) is 1. The van der Waals surface area contributed by atoms with Gasteiger partial charge in [-0.25, -0.2) is 0 Å². The largest absolute Gasteiger partial charge is 0.456 e. The summed E-state index contributed by atoms with van der Waals surface area (Å²) in [5.41, 5.74) is 24.1. The second-order valence-electron chi connectivity index (χ2n) is 29.4. The molecule has 0 spiro atoms. The van der Waals surface area contributed by atoms with Crippen LogP contribution in [0.15, 0.2) is 361 Å². The van der Waals surface area contributed by atoms with E-state index >= 15 is 0 Å². The Labute approximate surface area is 660 Å². The first-order valence-electron chi connectivity index (χ1n) is 37.9. The predicted molar refractivity (Wildman–Crippen MR) is 481 cm³/mol. The molecule has 0 amide bonds. The zero-order valence-electron chi connectivity index (χ0n) is 63.4. The van der Waals surface area contributed by atoms with Gasteiger partial charge in [-0.15, -0.1) is 34.0 Å². The van der Waals surface area contributed by atoms with Crippen molar-refractivity contribution in [2.75, 3.05) is 0 Å². The topological polar surface area (TPSA) is 35.5 Å². The van der Waals surface area contributed by atoms with Gasteiger partial charge in [0.2, 0.25) is 0 Å². The molecule has 1 aliphatic rings. The van der Waals surface area contributed by atoms with Crippen molar-refractivity contribution < 1.29 is 13.6 Å². The number of thiophene rings is 3. The van der Waals surface area contributed by atoms with Crippen LogP contribution in [0.5, 0.6) is 11.5 Å². The van der Waals surface area contributed by atoms with Gasteiger partial charge in [0.05, 0.1) is 0 Å². The Balaban J connectivity index is 0.0000000972. The molecule has 0 fully saturated rings. The smallest absolute Gasteiger partial charge is 0.143 e. The monoisotopic (exact) mass is 1490 g/mol. The number of hydrogen-bond donors (Lipinski definition) is 0. The van der Waals surface area contributed by atoms with E-state index in [1.165, 1.54) is 166 Å². The highest BCUT2D eigenvalue weighted by Gasteiger charge is 2.34. The molecule has 0 N–H and O–H groups in total. The lowest BCUT2D eigenvalue weighted by molar-refractivity contribution is 0.415. The minimum absolute atomic E-state index is 0.0101. The van der Waals surface area contributed by atoms with E-state index in [4.69, 9.17) is 13.6 Å². The molecule has 0 radical (unpaired) electrons. The Morgan fingerprint density at radius 3 is 1.31 bits per heavy atom. The van der Waals surface area contributed by atoms with Crippen molar-refractivity contribution in [1.82, 2.24) is 0 Å². The second kappa shape index (κ2) is 30.9. The number of para-hydroxylation sites is 5. The van der Waals surface area contributed by atoms with E-state index < -0.39 is 0 Å². The van der Waals surface area contributed by atoms with Crippen LogP contribution in [0.2, 0.25) is 0 Å². The average Bonchev–Trinajstić information content (AvgIpc) is 1.74. The van der Waals surface area contributed by atoms with Crippen LogP contribution < -0.4 is 4.74 Å². The highest BCUT2D eigenvalue weighted by atomic mass is 32.1. The van der Waals surface area contributed by atoms with Crippen LogP contribution >= 0.6 is 34.0 Å². The third-order valence-corrected chi connectivity index (χ3v) is 24.8. The normalized spacial score (nSPS) is 11.9. The summed E-state index contributed by atoms with van der Waals surface area (Å²) in [5.74, 6) is 2.01.